The normalized spacial score (nSPS) is 10.3. The van der Waals surface area contributed by atoms with Crippen LogP contribution >= 0.6 is 11.5 Å². The number of anilines is 1. The molecule has 3 rings (SSSR count). The molecule has 0 radical (unpaired) electrons. The fourth-order valence-corrected chi connectivity index (χ4v) is 2.60. The lowest BCUT2D eigenvalue weighted by Gasteiger charge is -2.04. The van der Waals surface area contributed by atoms with Gasteiger partial charge in [0.05, 0.1) is 6.61 Å². The van der Waals surface area contributed by atoms with E-state index in [1.165, 1.54) is 0 Å². The molecule has 0 aliphatic carbocycles. The lowest BCUT2D eigenvalue weighted by atomic mass is 10.2. The van der Waals surface area contributed by atoms with E-state index in [1.54, 1.807) is 24.3 Å². The Labute approximate surface area is 138 Å². The molecule has 1 aromatic heterocycles. The van der Waals surface area contributed by atoms with Crippen LogP contribution < -0.4 is 10.1 Å². The Morgan fingerprint density at radius 3 is 2.57 bits per heavy atom. The lowest BCUT2D eigenvalue weighted by Crippen LogP contribution is -2.11. The first-order valence-electron chi connectivity index (χ1n) is 7.19. The van der Waals surface area contributed by atoms with Crippen molar-refractivity contribution in [2.75, 3.05) is 11.9 Å². The van der Waals surface area contributed by atoms with Gasteiger partial charge in [-0.15, -0.1) is 0 Å². The number of carbonyl (C=O) groups excluding carboxylic acids is 1. The van der Waals surface area contributed by atoms with Crippen LogP contribution in [0.2, 0.25) is 0 Å². The number of benzene rings is 2. The maximum atomic E-state index is 12.2. The zero-order chi connectivity index (χ0) is 16.1. The van der Waals surface area contributed by atoms with E-state index in [1.807, 2.05) is 37.3 Å². The fourth-order valence-electron chi connectivity index (χ4n) is 2.02. The summed E-state index contributed by atoms with van der Waals surface area (Å²) in [6.07, 6.45) is 0. The van der Waals surface area contributed by atoms with Gasteiger partial charge in [-0.25, -0.2) is 0 Å². The second-order valence-corrected chi connectivity index (χ2v) is 5.45. The van der Waals surface area contributed by atoms with Crippen molar-refractivity contribution in [3.05, 3.63) is 60.2 Å². The summed E-state index contributed by atoms with van der Waals surface area (Å²) >= 11 is 1.16. The molecule has 0 bridgehead atoms. The van der Waals surface area contributed by atoms with Crippen LogP contribution in [0, 0.1) is 0 Å². The van der Waals surface area contributed by atoms with Crippen molar-refractivity contribution in [2.45, 2.75) is 6.92 Å². The summed E-state index contributed by atoms with van der Waals surface area (Å²) in [5.74, 6) is 1.13. The highest BCUT2D eigenvalue weighted by molar-refractivity contribution is 7.10. The van der Waals surface area contributed by atoms with Crippen LogP contribution in [0.5, 0.6) is 5.75 Å². The number of nitrogens with zero attached hydrogens (tertiary/aromatic N) is 2. The zero-order valence-corrected chi connectivity index (χ0v) is 13.3. The van der Waals surface area contributed by atoms with Crippen molar-refractivity contribution >= 4 is 22.6 Å². The highest BCUT2D eigenvalue weighted by Crippen LogP contribution is 2.21. The van der Waals surface area contributed by atoms with Crippen LogP contribution in [0.25, 0.3) is 11.4 Å². The predicted octanol–water partition coefficient (Wildman–Crippen LogP) is 3.86. The molecule has 6 heteroatoms. The summed E-state index contributed by atoms with van der Waals surface area (Å²) in [7, 11) is 0. The number of rotatable bonds is 5. The number of hydrogen-bond donors (Lipinski definition) is 1. The Kier molecular flexibility index (Phi) is 4.63. The number of nitrogens with one attached hydrogen (secondary N) is 1. The Balaban J connectivity index is 1.69. The standard InChI is InChI=1S/C17H15N3O2S/c1-2-22-14-10-8-13(9-11-14)16(21)19-17-18-15(20-23-17)12-6-4-3-5-7-12/h3-11H,2H2,1H3,(H,18,19,20,21). The van der Waals surface area contributed by atoms with E-state index in [0.29, 0.717) is 23.1 Å². The van der Waals surface area contributed by atoms with E-state index in [9.17, 15) is 4.79 Å². The third-order valence-corrected chi connectivity index (χ3v) is 3.74. The third kappa shape index (κ3) is 3.73. The highest BCUT2D eigenvalue weighted by atomic mass is 32.1. The summed E-state index contributed by atoms with van der Waals surface area (Å²) in [5, 5.41) is 3.24. The van der Waals surface area contributed by atoms with Crippen molar-refractivity contribution in [1.82, 2.24) is 9.36 Å². The highest BCUT2D eigenvalue weighted by Gasteiger charge is 2.11. The Morgan fingerprint density at radius 2 is 1.87 bits per heavy atom. The van der Waals surface area contributed by atoms with Crippen LogP contribution in [-0.4, -0.2) is 21.9 Å². The summed E-state index contributed by atoms with van der Waals surface area (Å²) in [6, 6.07) is 16.6. The van der Waals surface area contributed by atoms with Crippen LogP contribution in [0.15, 0.2) is 54.6 Å². The molecule has 116 valence electrons. The molecule has 0 saturated heterocycles. The molecule has 0 atom stereocenters. The first-order chi connectivity index (χ1) is 11.3. The number of hydrogen-bond acceptors (Lipinski definition) is 5. The molecule has 5 nitrogen and oxygen atoms in total. The maximum absolute atomic E-state index is 12.2. The monoisotopic (exact) mass is 325 g/mol. The first kappa shape index (κ1) is 15.2. The van der Waals surface area contributed by atoms with Gasteiger partial charge in [0.25, 0.3) is 5.91 Å². The third-order valence-electron chi connectivity index (χ3n) is 3.11. The maximum Gasteiger partial charge on any atom is 0.257 e. The van der Waals surface area contributed by atoms with Crippen LogP contribution in [-0.2, 0) is 0 Å². The van der Waals surface area contributed by atoms with E-state index in [-0.39, 0.29) is 5.91 Å². The molecule has 0 spiro atoms. The smallest absolute Gasteiger partial charge is 0.257 e. The molecule has 0 unspecified atom stereocenters. The van der Waals surface area contributed by atoms with Crippen LogP contribution in [0.4, 0.5) is 5.13 Å². The van der Waals surface area contributed by atoms with Gasteiger partial charge < -0.3 is 4.74 Å². The Hall–Kier alpha value is -2.73. The minimum atomic E-state index is -0.219. The second kappa shape index (κ2) is 7.02. The van der Waals surface area contributed by atoms with E-state index >= 15 is 0 Å². The number of ether oxygens (including phenoxy) is 1. The van der Waals surface area contributed by atoms with Crippen molar-refractivity contribution < 1.29 is 9.53 Å². The molecular formula is C17H15N3O2S. The Bertz CT molecular complexity index is 785. The quantitative estimate of drug-likeness (QED) is 0.774. The van der Waals surface area contributed by atoms with Crippen molar-refractivity contribution in [2.24, 2.45) is 0 Å². The van der Waals surface area contributed by atoms with Crippen LogP contribution in [0.3, 0.4) is 0 Å². The number of carbonyl (C=O) groups is 1. The van der Waals surface area contributed by atoms with Crippen LogP contribution in [0.1, 0.15) is 17.3 Å². The molecular weight excluding hydrogens is 310 g/mol. The fraction of sp³-hybridized carbons (Fsp3) is 0.118. The largest absolute Gasteiger partial charge is 0.494 e. The minimum Gasteiger partial charge on any atom is -0.494 e. The Morgan fingerprint density at radius 1 is 1.13 bits per heavy atom. The molecule has 0 saturated carbocycles. The average molecular weight is 325 g/mol. The molecule has 3 aromatic rings. The van der Waals surface area contributed by atoms with Crippen molar-refractivity contribution in [1.29, 1.82) is 0 Å². The lowest BCUT2D eigenvalue weighted by molar-refractivity contribution is 0.102. The van der Waals surface area contributed by atoms with Crippen molar-refractivity contribution in [3.63, 3.8) is 0 Å². The van der Waals surface area contributed by atoms with Gasteiger partial charge in [0.2, 0.25) is 5.13 Å². The first-order valence-corrected chi connectivity index (χ1v) is 7.97. The van der Waals surface area contributed by atoms with Gasteiger partial charge in [0, 0.05) is 22.7 Å². The van der Waals surface area contributed by atoms with E-state index in [4.69, 9.17) is 4.74 Å². The topological polar surface area (TPSA) is 64.1 Å². The van der Waals surface area contributed by atoms with Crippen molar-refractivity contribution in [3.8, 4) is 17.1 Å². The van der Waals surface area contributed by atoms with E-state index in [2.05, 4.69) is 14.7 Å². The number of amides is 1. The van der Waals surface area contributed by atoms with Gasteiger partial charge in [0.1, 0.15) is 5.75 Å². The molecule has 23 heavy (non-hydrogen) atoms. The molecule has 2 aromatic carbocycles. The van der Waals surface area contributed by atoms with Gasteiger partial charge in [-0.1, -0.05) is 30.3 Å². The van der Waals surface area contributed by atoms with Gasteiger partial charge in [-0.3, -0.25) is 10.1 Å². The van der Waals surface area contributed by atoms with Gasteiger partial charge >= 0.3 is 0 Å². The molecule has 0 fully saturated rings. The second-order valence-electron chi connectivity index (χ2n) is 4.70. The summed E-state index contributed by atoms with van der Waals surface area (Å²) in [6.45, 7) is 2.51. The molecule has 0 aliphatic rings. The molecule has 1 heterocycles. The average Bonchev–Trinajstić information content (AvgIpc) is 3.05. The van der Waals surface area contributed by atoms with Gasteiger partial charge in [0.15, 0.2) is 5.82 Å². The molecule has 1 amide bonds. The van der Waals surface area contributed by atoms with E-state index < -0.39 is 0 Å². The predicted molar refractivity (Wildman–Crippen MR) is 90.9 cm³/mol. The SMILES string of the molecule is CCOc1ccc(C(=O)Nc2nc(-c3ccccc3)ns2)cc1. The zero-order valence-electron chi connectivity index (χ0n) is 12.5. The van der Waals surface area contributed by atoms with Gasteiger partial charge in [-0.05, 0) is 31.2 Å². The number of aromatic nitrogens is 2. The molecule has 0 aliphatic heterocycles. The van der Waals surface area contributed by atoms with E-state index in [0.717, 1.165) is 22.8 Å². The van der Waals surface area contributed by atoms with Gasteiger partial charge in [-0.2, -0.15) is 9.36 Å². The molecule has 1 N–H and O–H groups in total. The minimum absolute atomic E-state index is 0.219. The summed E-state index contributed by atoms with van der Waals surface area (Å²) in [4.78, 5) is 16.6. The summed E-state index contributed by atoms with van der Waals surface area (Å²) < 4.78 is 9.63. The summed E-state index contributed by atoms with van der Waals surface area (Å²) in [5.41, 5.74) is 1.47.